The van der Waals surface area contributed by atoms with Gasteiger partial charge in [0.2, 0.25) is 5.91 Å². The maximum Gasteiger partial charge on any atom is 0.256 e. The van der Waals surface area contributed by atoms with Gasteiger partial charge in [-0.2, -0.15) is 0 Å². The number of hydrogen-bond acceptors (Lipinski definition) is 4. The average Bonchev–Trinajstić information content (AvgIpc) is 3.24. The standard InChI is InChI=1S/C23H19N3O3/c1-14-9-10-16(12-20(14)24-15(2)27)25-23(28)18-13-21(22-8-5-11-29-22)26-19-7-4-3-6-17(18)19/h3-13H,1-2H3,(H,24,27)(H,25,28). The molecule has 2 aromatic carbocycles. The summed E-state index contributed by atoms with van der Waals surface area (Å²) in [6.45, 7) is 3.34. The summed E-state index contributed by atoms with van der Waals surface area (Å²) in [4.78, 5) is 29.1. The van der Waals surface area contributed by atoms with Crippen LogP contribution in [0.3, 0.4) is 0 Å². The molecule has 0 spiro atoms. The van der Waals surface area contributed by atoms with Crippen LogP contribution in [0.5, 0.6) is 0 Å². The number of nitrogens with zero attached hydrogens (tertiary/aromatic N) is 1. The van der Waals surface area contributed by atoms with Crippen LogP contribution in [-0.4, -0.2) is 16.8 Å². The smallest absolute Gasteiger partial charge is 0.256 e. The molecule has 2 heterocycles. The Morgan fingerprint density at radius 1 is 0.966 bits per heavy atom. The Hall–Kier alpha value is -3.93. The molecule has 0 bridgehead atoms. The number of pyridine rings is 1. The van der Waals surface area contributed by atoms with Crippen molar-refractivity contribution in [3.63, 3.8) is 0 Å². The summed E-state index contributed by atoms with van der Waals surface area (Å²) >= 11 is 0. The Morgan fingerprint density at radius 2 is 1.79 bits per heavy atom. The topological polar surface area (TPSA) is 84.2 Å². The van der Waals surface area contributed by atoms with Crippen LogP contribution in [0.15, 0.2) is 71.3 Å². The SMILES string of the molecule is CC(=O)Nc1cc(NC(=O)c2cc(-c3ccco3)nc3ccccc23)ccc1C. The fourth-order valence-electron chi connectivity index (χ4n) is 3.14. The van der Waals surface area contributed by atoms with E-state index in [-0.39, 0.29) is 11.8 Å². The Morgan fingerprint density at radius 3 is 2.55 bits per heavy atom. The lowest BCUT2D eigenvalue weighted by atomic mass is 10.1. The highest BCUT2D eigenvalue weighted by atomic mass is 16.3. The third-order valence-electron chi connectivity index (χ3n) is 4.54. The minimum absolute atomic E-state index is 0.167. The first-order valence-electron chi connectivity index (χ1n) is 9.14. The van der Waals surface area contributed by atoms with Crippen molar-refractivity contribution in [2.75, 3.05) is 10.6 Å². The summed E-state index contributed by atoms with van der Waals surface area (Å²) in [5.41, 5.74) is 3.93. The van der Waals surface area contributed by atoms with Crippen LogP contribution >= 0.6 is 0 Å². The van der Waals surface area contributed by atoms with Crippen molar-refractivity contribution >= 4 is 34.1 Å². The highest BCUT2D eigenvalue weighted by Crippen LogP contribution is 2.27. The van der Waals surface area contributed by atoms with Crippen LogP contribution in [0.2, 0.25) is 0 Å². The number of carbonyl (C=O) groups is 2. The van der Waals surface area contributed by atoms with E-state index in [0.717, 1.165) is 10.9 Å². The summed E-state index contributed by atoms with van der Waals surface area (Å²) < 4.78 is 5.45. The van der Waals surface area contributed by atoms with E-state index < -0.39 is 0 Å². The normalized spacial score (nSPS) is 10.7. The molecule has 0 fully saturated rings. The summed E-state index contributed by atoms with van der Waals surface area (Å²) in [6.07, 6.45) is 1.57. The summed E-state index contributed by atoms with van der Waals surface area (Å²) in [5.74, 6) is 0.155. The molecule has 0 aliphatic rings. The van der Waals surface area contributed by atoms with E-state index in [4.69, 9.17) is 4.42 Å². The summed E-state index contributed by atoms with van der Waals surface area (Å²) in [6, 6.07) is 18.2. The average molecular weight is 385 g/mol. The number of anilines is 2. The molecule has 0 aliphatic carbocycles. The minimum Gasteiger partial charge on any atom is -0.463 e. The van der Waals surface area contributed by atoms with Gasteiger partial charge in [-0.1, -0.05) is 24.3 Å². The van der Waals surface area contributed by atoms with Crippen LogP contribution in [0.4, 0.5) is 11.4 Å². The second kappa shape index (κ2) is 7.59. The van der Waals surface area contributed by atoms with E-state index in [1.807, 2.05) is 37.3 Å². The maximum absolute atomic E-state index is 13.1. The first kappa shape index (κ1) is 18.4. The summed E-state index contributed by atoms with van der Waals surface area (Å²) in [7, 11) is 0. The number of para-hydroxylation sites is 1. The first-order valence-corrected chi connectivity index (χ1v) is 9.14. The van der Waals surface area contributed by atoms with Gasteiger partial charge in [-0.05, 0) is 48.9 Å². The number of rotatable bonds is 4. The lowest BCUT2D eigenvalue weighted by molar-refractivity contribution is -0.114. The van der Waals surface area contributed by atoms with E-state index in [9.17, 15) is 9.59 Å². The molecule has 0 saturated heterocycles. The predicted molar refractivity (Wildman–Crippen MR) is 113 cm³/mol. The van der Waals surface area contributed by atoms with Gasteiger partial charge >= 0.3 is 0 Å². The molecule has 2 aromatic heterocycles. The van der Waals surface area contributed by atoms with Crippen molar-refractivity contribution in [2.45, 2.75) is 13.8 Å². The van der Waals surface area contributed by atoms with Gasteiger partial charge in [-0.25, -0.2) is 4.98 Å². The second-order valence-corrected chi connectivity index (χ2v) is 6.71. The number of fused-ring (bicyclic) bond motifs is 1. The fraction of sp³-hybridized carbons (Fsp3) is 0.0870. The zero-order valence-electron chi connectivity index (χ0n) is 16.0. The molecule has 2 amide bonds. The van der Waals surface area contributed by atoms with E-state index in [0.29, 0.717) is 33.9 Å². The van der Waals surface area contributed by atoms with Gasteiger partial charge in [0.25, 0.3) is 5.91 Å². The molecule has 0 radical (unpaired) electrons. The molecule has 29 heavy (non-hydrogen) atoms. The highest BCUT2D eigenvalue weighted by molar-refractivity contribution is 6.13. The quantitative estimate of drug-likeness (QED) is 0.517. The molecule has 2 N–H and O–H groups in total. The zero-order valence-corrected chi connectivity index (χ0v) is 16.0. The van der Waals surface area contributed by atoms with Crippen LogP contribution < -0.4 is 10.6 Å². The number of hydrogen-bond donors (Lipinski definition) is 2. The Labute approximate surface area is 167 Å². The Bertz CT molecular complexity index is 1210. The predicted octanol–water partition coefficient (Wildman–Crippen LogP) is 5.01. The number of carbonyl (C=O) groups excluding carboxylic acids is 2. The molecule has 4 rings (SSSR count). The third kappa shape index (κ3) is 3.87. The van der Waals surface area contributed by atoms with E-state index >= 15 is 0 Å². The van der Waals surface area contributed by atoms with Crippen molar-refractivity contribution in [1.29, 1.82) is 0 Å². The molecule has 0 saturated carbocycles. The number of aryl methyl sites for hydroxylation is 1. The monoisotopic (exact) mass is 385 g/mol. The Balaban J connectivity index is 1.73. The van der Waals surface area contributed by atoms with Crippen LogP contribution in [0.1, 0.15) is 22.8 Å². The minimum atomic E-state index is -0.269. The van der Waals surface area contributed by atoms with Gasteiger partial charge in [0.15, 0.2) is 5.76 Å². The molecule has 0 atom stereocenters. The third-order valence-corrected chi connectivity index (χ3v) is 4.54. The van der Waals surface area contributed by atoms with Crippen LogP contribution in [-0.2, 0) is 4.79 Å². The number of nitrogens with one attached hydrogen (secondary N) is 2. The molecule has 144 valence electrons. The van der Waals surface area contributed by atoms with Crippen LogP contribution in [0, 0.1) is 6.92 Å². The fourth-order valence-corrected chi connectivity index (χ4v) is 3.14. The van der Waals surface area contributed by atoms with E-state index in [1.54, 1.807) is 36.6 Å². The lowest BCUT2D eigenvalue weighted by Gasteiger charge is -2.12. The Kier molecular flexibility index (Phi) is 4.83. The van der Waals surface area contributed by atoms with E-state index in [1.165, 1.54) is 6.92 Å². The molecular formula is C23H19N3O3. The molecular weight excluding hydrogens is 366 g/mol. The number of amides is 2. The lowest BCUT2D eigenvalue weighted by Crippen LogP contribution is -2.14. The zero-order chi connectivity index (χ0) is 20.4. The second-order valence-electron chi connectivity index (χ2n) is 6.71. The molecule has 0 unspecified atom stereocenters. The van der Waals surface area contributed by atoms with Crippen molar-refractivity contribution in [2.24, 2.45) is 0 Å². The summed E-state index contributed by atoms with van der Waals surface area (Å²) in [5, 5.41) is 6.43. The van der Waals surface area contributed by atoms with Crippen molar-refractivity contribution < 1.29 is 14.0 Å². The van der Waals surface area contributed by atoms with Gasteiger partial charge in [0.05, 0.1) is 17.3 Å². The van der Waals surface area contributed by atoms with Gasteiger partial charge < -0.3 is 15.1 Å². The molecule has 6 heteroatoms. The number of furan rings is 1. The van der Waals surface area contributed by atoms with Gasteiger partial charge in [0.1, 0.15) is 5.69 Å². The van der Waals surface area contributed by atoms with Crippen LogP contribution in [0.25, 0.3) is 22.4 Å². The number of aromatic nitrogens is 1. The molecule has 0 aliphatic heterocycles. The number of benzene rings is 2. The first-order chi connectivity index (χ1) is 14.0. The largest absolute Gasteiger partial charge is 0.463 e. The van der Waals surface area contributed by atoms with Crippen molar-refractivity contribution in [3.05, 3.63) is 78.1 Å². The van der Waals surface area contributed by atoms with Gasteiger partial charge in [-0.3, -0.25) is 9.59 Å². The highest BCUT2D eigenvalue weighted by Gasteiger charge is 2.15. The molecule has 4 aromatic rings. The van der Waals surface area contributed by atoms with Gasteiger partial charge in [-0.15, -0.1) is 0 Å². The van der Waals surface area contributed by atoms with Gasteiger partial charge in [0, 0.05) is 23.7 Å². The van der Waals surface area contributed by atoms with Crippen molar-refractivity contribution in [3.8, 4) is 11.5 Å². The van der Waals surface area contributed by atoms with Crippen molar-refractivity contribution in [1.82, 2.24) is 4.98 Å². The van der Waals surface area contributed by atoms with E-state index in [2.05, 4.69) is 15.6 Å². The maximum atomic E-state index is 13.1. The molecule has 6 nitrogen and oxygen atoms in total.